The van der Waals surface area contributed by atoms with Crippen LogP contribution in [-0.4, -0.2) is 41.4 Å². The number of hydrogen-bond donors (Lipinski definition) is 1. The molecule has 122 valence electrons. The largest absolute Gasteiger partial charge is 0.332 e. The molecule has 2 heterocycles. The molecule has 0 saturated carbocycles. The number of nitrogens with one attached hydrogen (secondary N) is 1. The monoisotopic (exact) mass is 340 g/mol. The smallest absolute Gasteiger partial charge is 0.236 e. The fourth-order valence-electron chi connectivity index (χ4n) is 3.20. The third kappa shape index (κ3) is 3.79. The lowest BCUT2D eigenvalue weighted by Crippen LogP contribution is -2.50. The first kappa shape index (κ1) is 17.6. The van der Waals surface area contributed by atoms with Crippen LogP contribution in [0.3, 0.4) is 0 Å². The van der Waals surface area contributed by atoms with Crippen LogP contribution in [0.2, 0.25) is 0 Å². The number of nitrogens with zero attached hydrogens (tertiary/aromatic N) is 1. The summed E-state index contributed by atoms with van der Waals surface area (Å²) in [7, 11) is 0. The van der Waals surface area contributed by atoms with Gasteiger partial charge in [-0.1, -0.05) is 31.2 Å². The van der Waals surface area contributed by atoms with E-state index in [1.807, 2.05) is 11.8 Å². The highest BCUT2D eigenvalue weighted by Crippen LogP contribution is 2.31. The van der Waals surface area contributed by atoms with Gasteiger partial charge >= 0.3 is 0 Å². The predicted octanol–water partition coefficient (Wildman–Crippen LogP) is 3.04. The van der Waals surface area contributed by atoms with Crippen LogP contribution in [-0.2, 0) is 11.2 Å². The SMILES string of the molecule is CCc1ccc(C2CNCCN2C(=O)C2CCCS2)cc1.Cl. The summed E-state index contributed by atoms with van der Waals surface area (Å²) in [6.45, 7) is 4.78. The fraction of sp³-hybridized carbons (Fsp3) is 0.588. The molecule has 3 nitrogen and oxygen atoms in total. The molecule has 0 radical (unpaired) electrons. The van der Waals surface area contributed by atoms with E-state index < -0.39 is 0 Å². The molecule has 0 spiro atoms. The second-order valence-electron chi connectivity index (χ2n) is 5.85. The Balaban J connectivity index is 0.00000176. The first-order valence-corrected chi connectivity index (χ1v) is 9.06. The average molecular weight is 341 g/mol. The van der Waals surface area contributed by atoms with E-state index in [1.165, 1.54) is 17.5 Å². The van der Waals surface area contributed by atoms with Crippen molar-refractivity contribution in [3.8, 4) is 0 Å². The Morgan fingerprint density at radius 3 is 2.77 bits per heavy atom. The highest BCUT2D eigenvalue weighted by Gasteiger charge is 2.33. The van der Waals surface area contributed by atoms with E-state index in [-0.39, 0.29) is 23.7 Å². The molecular weight excluding hydrogens is 316 g/mol. The Morgan fingerprint density at radius 2 is 2.14 bits per heavy atom. The summed E-state index contributed by atoms with van der Waals surface area (Å²) in [5.74, 6) is 1.49. The average Bonchev–Trinajstić information content (AvgIpc) is 3.09. The normalized spacial score (nSPS) is 24.9. The number of hydrogen-bond acceptors (Lipinski definition) is 3. The Bertz CT molecular complexity index is 488. The molecule has 5 heteroatoms. The number of benzene rings is 1. The molecule has 1 N–H and O–H groups in total. The third-order valence-electron chi connectivity index (χ3n) is 4.50. The summed E-state index contributed by atoms with van der Waals surface area (Å²) in [5.41, 5.74) is 2.61. The van der Waals surface area contributed by atoms with Gasteiger partial charge in [0.2, 0.25) is 5.91 Å². The molecule has 0 bridgehead atoms. The summed E-state index contributed by atoms with van der Waals surface area (Å²) in [5, 5.41) is 3.63. The first-order valence-electron chi connectivity index (χ1n) is 8.01. The standard InChI is InChI=1S/C17H24N2OS.ClH/c1-2-13-5-7-14(8-6-13)15-12-18-9-10-19(15)17(20)16-4-3-11-21-16;/h5-8,15-16,18H,2-4,9-12H2,1H3;1H. The van der Waals surface area contributed by atoms with Crippen molar-refractivity contribution in [3.63, 3.8) is 0 Å². The van der Waals surface area contributed by atoms with Gasteiger partial charge in [0.25, 0.3) is 0 Å². The lowest BCUT2D eigenvalue weighted by molar-refractivity contribution is -0.134. The van der Waals surface area contributed by atoms with Crippen molar-refractivity contribution in [1.29, 1.82) is 0 Å². The molecule has 2 aliphatic heterocycles. The lowest BCUT2D eigenvalue weighted by Gasteiger charge is -2.38. The second-order valence-corrected chi connectivity index (χ2v) is 7.16. The van der Waals surface area contributed by atoms with Gasteiger partial charge in [-0.15, -0.1) is 24.2 Å². The topological polar surface area (TPSA) is 32.3 Å². The van der Waals surface area contributed by atoms with Crippen LogP contribution < -0.4 is 5.32 Å². The molecule has 0 aromatic heterocycles. The van der Waals surface area contributed by atoms with Crippen LogP contribution in [0, 0.1) is 0 Å². The summed E-state index contributed by atoms with van der Waals surface area (Å²) in [6.07, 6.45) is 3.29. The zero-order chi connectivity index (χ0) is 14.7. The van der Waals surface area contributed by atoms with E-state index in [9.17, 15) is 4.79 Å². The minimum absolute atomic E-state index is 0. The van der Waals surface area contributed by atoms with Gasteiger partial charge in [-0.05, 0) is 36.1 Å². The summed E-state index contributed by atoms with van der Waals surface area (Å²) >= 11 is 1.84. The fourth-order valence-corrected chi connectivity index (χ4v) is 4.43. The highest BCUT2D eigenvalue weighted by atomic mass is 35.5. The van der Waals surface area contributed by atoms with Crippen LogP contribution in [0.5, 0.6) is 0 Å². The molecule has 22 heavy (non-hydrogen) atoms. The number of carbonyl (C=O) groups excluding carboxylic acids is 1. The van der Waals surface area contributed by atoms with Gasteiger partial charge in [0.1, 0.15) is 0 Å². The van der Waals surface area contributed by atoms with Gasteiger partial charge in [0, 0.05) is 19.6 Å². The van der Waals surface area contributed by atoms with E-state index in [0.29, 0.717) is 5.91 Å². The number of carbonyl (C=O) groups is 1. The van der Waals surface area contributed by atoms with Crippen molar-refractivity contribution in [3.05, 3.63) is 35.4 Å². The van der Waals surface area contributed by atoms with Gasteiger partial charge in [-0.3, -0.25) is 4.79 Å². The van der Waals surface area contributed by atoms with Crippen LogP contribution in [0.1, 0.15) is 36.9 Å². The van der Waals surface area contributed by atoms with Crippen LogP contribution in [0.15, 0.2) is 24.3 Å². The molecule has 2 atom stereocenters. The highest BCUT2D eigenvalue weighted by molar-refractivity contribution is 8.00. The van der Waals surface area contributed by atoms with Crippen molar-refractivity contribution in [2.75, 3.05) is 25.4 Å². The van der Waals surface area contributed by atoms with E-state index in [4.69, 9.17) is 0 Å². The van der Waals surface area contributed by atoms with Crippen LogP contribution >= 0.6 is 24.2 Å². The number of rotatable bonds is 3. The van der Waals surface area contributed by atoms with Gasteiger partial charge in [-0.25, -0.2) is 0 Å². The number of piperazine rings is 1. The quantitative estimate of drug-likeness (QED) is 0.918. The van der Waals surface area contributed by atoms with Crippen molar-refractivity contribution in [2.45, 2.75) is 37.5 Å². The van der Waals surface area contributed by atoms with E-state index in [2.05, 4.69) is 41.4 Å². The van der Waals surface area contributed by atoms with Crippen molar-refractivity contribution < 1.29 is 4.79 Å². The molecule has 2 fully saturated rings. The molecule has 2 unspecified atom stereocenters. The Morgan fingerprint density at radius 1 is 1.36 bits per heavy atom. The second kappa shape index (κ2) is 8.23. The molecule has 2 aliphatic rings. The number of aryl methyl sites for hydroxylation is 1. The summed E-state index contributed by atoms with van der Waals surface area (Å²) in [4.78, 5) is 14.9. The maximum atomic E-state index is 12.8. The Kier molecular flexibility index (Phi) is 6.60. The van der Waals surface area contributed by atoms with E-state index >= 15 is 0 Å². The van der Waals surface area contributed by atoms with Crippen LogP contribution in [0.25, 0.3) is 0 Å². The molecular formula is C17H25ClN2OS. The number of thioether (sulfide) groups is 1. The Hall–Kier alpha value is -0.710. The van der Waals surface area contributed by atoms with Gasteiger partial charge < -0.3 is 10.2 Å². The maximum Gasteiger partial charge on any atom is 0.236 e. The summed E-state index contributed by atoms with van der Waals surface area (Å²) < 4.78 is 0. The van der Waals surface area contributed by atoms with Crippen molar-refractivity contribution >= 4 is 30.1 Å². The minimum Gasteiger partial charge on any atom is -0.332 e. The number of halogens is 1. The van der Waals surface area contributed by atoms with Crippen molar-refractivity contribution in [1.82, 2.24) is 10.2 Å². The van der Waals surface area contributed by atoms with Crippen LogP contribution in [0.4, 0.5) is 0 Å². The summed E-state index contributed by atoms with van der Waals surface area (Å²) in [6, 6.07) is 8.96. The first-order chi connectivity index (χ1) is 10.3. The molecule has 3 rings (SSSR count). The zero-order valence-corrected chi connectivity index (χ0v) is 14.7. The third-order valence-corrected chi connectivity index (χ3v) is 5.87. The minimum atomic E-state index is 0. The van der Waals surface area contributed by atoms with E-state index in [0.717, 1.165) is 38.2 Å². The number of amides is 1. The van der Waals surface area contributed by atoms with Gasteiger partial charge in [0.15, 0.2) is 0 Å². The van der Waals surface area contributed by atoms with Crippen molar-refractivity contribution in [2.24, 2.45) is 0 Å². The predicted molar refractivity (Wildman–Crippen MR) is 95.9 cm³/mol. The van der Waals surface area contributed by atoms with Gasteiger partial charge in [0.05, 0.1) is 11.3 Å². The maximum absolute atomic E-state index is 12.8. The Labute approximate surface area is 143 Å². The molecule has 1 aromatic rings. The lowest BCUT2D eigenvalue weighted by atomic mass is 10.0. The molecule has 1 aromatic carbocycles. The molecule has 1 amide bonds. The van der Waals surface area contributed by atoms with Gasteiger partial charge in [-0.2, -0.15) is 0 Å². The molecule has 0 aliphatic carbocycles. The van der Waals surface area contributed by atoms with E-state index in [1.54, 1.807) is 0 Å². The molecule has 2 saturated heterocycles. The zero-order valence-electron chi connectivity index (χ0n) is 13.1.